The maximum atomic E-state index is 11.7. The van der Waals surface area contributed by atoms with Gasteiger partial charge in [0, 0.05) is 18.6 Å². The van der Waals surface area contributed by atoms with Crippen molar-refractivity contribution in [1.82, 2.24) is 0 Å². The Balaban J connectivity index is 2.18. The summed E-state index contributed by atoms with van der Waals surface area (Å²) in [5, 5.41) is 9.27. The topological polar surface area (TPSA) is 75.8 Å². The summed E-state index contributed by atoms with van der Waals surface area (Å²) in [6, 6.07) is 7.39. The van der Waals surface area contributed by atoms with Crippen LogP contribution in [0.3, 0.4) is 0 Å². The normalized spacial score (nSPS) is 18.2. The van der Waals surface area contributed by atoms with Gasteiger partial charge >= 0.3 is 5.97 Å². The Morgan fingerprint density at radius 3 is 2.63 bits per heavy atom. The Labute approximate surface area is 113 Å². The van der Waals surface area contributed by atoms with E-state index in [1.807, 2.05) is 18.2 Å². The second-order valence-corrected chi connectivity index (χ2v) is 5.02. The molecule has 1 aromatic carbocycles. The van der Waals surface area contributed by atoms with Gasteiger partial charge < -0.3 is 20.5 Å². The summed E-state index contributed by atoms with van der Waals surface area (Å²) in [6.07, 6.45) is 1.41. The monoisotopic (exact) mass is 264 g/mol. The van der Waals surface area contributed by atoms with Gasteiger partial charge in [-0.05, 0) is 25.0 Å². The zero-order chi connectivity index (χ0) is 13.9. The number of piperidine rings is 1. The highest BCUT2D eigenvalue weighted by atomic mass is 16.5. The van der Waals surface area contributed by atoms with E-state index in [4.69, 9.17) is 10.5 Å². The van der Waals surface area contributed by atoms with Gasteiger partial charge in [0.2, 0.25) is 0 Å². The van der Waals surface area contributed by atoms with E-state index in [9.17, 15) is 9.90 Å². The fourth-order valence-electron chi connectivity index (χ4n) is 2.38. The Bertz CT molecular complexity index is 454. The lowest BCUT2D eigenvalue weighted by molar-refractivity contribution is 0.0601. The number of carbonyl (C=O) groups excluding carboxylic acids is 1. The SMILES string of the molecule is COC(=O)c1ccccc1N1CCC(N)(CO)CC1. The number of benzene rings is 1. The second kappa shape index (κ2) is 5.59. The fraction of sp³-hybridized carbons (Fsp3) is 0.500. The predicted molar refractivity (Wildman–Crippen MR) is 73.2 cm³/mol. The summed E-state index contributed by atoms with van der Waals surface area (Å²) < 4.78 is 4.80. The molecule has 1 aromatic rings. The first-order valence-electron chi connectivity index (χ1n) is 6.42. The lowest BCUT2D eigenvalue weighted by atomic mass is 9.89. The molecule has 0 radical (unpaired) electrons. The van der Waals surface area contributed by atoms with E-state index in [-0.39, 0.29) is 12.6 Å². The Hall–Kier alpha value is -1.59. The lowest BCUT2D eigenvalue weighted by Crippen LogP contribution is -2.53. The van der Waals surface area contributed by atoms with Crippen molar-refractivity contribution in [2.75, 3.05) is 31.7 Å². The molecule has 2 rings (SSSR count). The zero-order valence-electron chi connectivity index (χ0n) is 11.1. The third-order valence-electron chi connectivity index (χ3n) is 3.72. The molecular formula is C14H20N2O3. The molecule has 0 bridgehead atoms. The van der Waals surface area contributed by atoms with Crippen LogP contribution in [0.4, 0.5) is 5.69 Å². The van der Waals surface area contributed by atoms with E-state index >= 15 is 0 Å². The molecule has 0 saturated carbocycles. The lowest BCUT2D eigenvalue weighted by Gasteiger charge is -2.39. The molecule has 0 atom stereocenters. The predicted octanol–water partition coefficient (Wildman–Crippen LogP) is 0.763. The van der Waals surface area contributed by atoms with Crippen LogP contribution in [-0.4, -0.2) is 43.4 Å². The Kier molecular flexibility index (Phi) is 4.07. The molecule has 1 aliphatic rings. The van der Waals surface area contributed by atoms with Gasteiger partial charge in [0.05, 0.1) is 25.0 Å². The molecule has 0 aliphatic carbocycles. The number of hydrogen-bond donors (Lipinski definition) is 2. The number of rotatable bonds is 3. The summed E-state index contributed by atoms with van der Waals surface area (Å²) in [7, 11) is 1.38. The van der Waals surface area contributed by atoms with Crippen LogP contribution in [0.2, 0.25) is 0 Å². The highest BCUT2D eigenvalue weighted by Gasteiger charge is 2.31. The summed E-state index contributed by atoms with van der Waals surface area (Å²) >= 11 is 0. The van der Waals surface area contributed by atoms with Crippen LogP contribution in [-0.2, 0) is 4.74 Å². The summed E-state index contributed by atoms with van der Waals surface area (Å²) in [5.74, 6) is -0.331. The number of hydrogen-bond acceptors (Lipinski definition) is 5. The van der Waals surface area contributed by atoms with Gasteiger partial charge in [-0.15, -0.1) is 0 Å². The van der Waals surface area contributed by atoms with Crippen molar-refractivity contribution in [1.29, 1.82) is 0 Å². The standard InChI is InChI=1S/C14H20N2O3/c1-19-13(18)11-4-2-3-5-12(11)16-8-6-14(15,10-17)7-9-16/h2-5,17H,6-10,15H2,1H3. The van der Waals surface area contributed by atoms with Crippen molar-refractivity contribution < 1.29 is 14.6 Å². The molecule has 1 fully saturated rings. The molecule has 1 aliphatic heterocycles. The van der Waals surface area contributed by atoms with Gasteiger partial charge in [-0.2, -0.15) is 0 Å². The number of nitrogens with two attached hydrogens (primary N) is 1. The first-order valence-corrected chi connectivity index (χ1v) is 6.42. The van der Waals surface area contributed by atoms with Crippen LogP contribution in [0.1, 0.15) is 23.2 Å². The van der Waals surface area contributed by atoms with Crippen LogP contribution >= 0.6 is 0 Å². The van der Waals surface area contributed by atoms with Crippen molar-refractivity contribution in [3.05, 3.63) is 29.8 Å². The van der Waals surface area contributed by atoms with E-state index < -0.39 is 5.54 Å². The van der Waals surface area contributed by atoms with Gasteiger partial charge in [-0.1, -0.05) is 12.1 Å². The van der Waals surface area contributed by atoms with E-state index in [1.165, 1.54) is 7.11 Å². The van der Waals surface area contributed by atoms with Gasteiger partial charge in [0.25, 0.3) is 0 Å². The minimum Gasteiger partial charge on any atom is -0.465 e. The second-order valence-electron chi connectivity index (χ2n) is 5.02. The number of ether oxygens (including phenoxy) is 1. The van der Waals surface area contributed by atoms with Crippen LogP contribution in [0, 0.1) is 0 Å². The third-order valence-corrected chi connectivity index (χ3v) is 3.72. The van der Waals surface area contributed by atoms with Crippen LogP contribution in [0.25, 0.3) is 0 Å². The Morgan fingerprint density at radius 2 is 2.05 bits per heavy atom. The number of aliphatic hydroxyl groups is 1. The van der Waals surface area contributed by atoms with Crippen molar-refractivity contribution in [3.8, 4) is 0 Å². The molecule has 5 nitrogen and oxygen atoms in total. The van der Waals surface area contributed by atoms with Crippen molar-refractivity contribution in [2.24, 2.45) is 5.73 Å². The summed E-state index contributed by atoms with van der Waals surface area (Å²) in [4.78, 5) is 13.9. The molecule has 3 N–H and O–H groups in total. The van der Waals surface area contributed by atoms with Crippen LogP contribution in [0.5, 0.6) is 0 Å². The van der Waals surface area contributed by atoms with E-state index in [0.717, 1.165) is 18.8 Å². The van der Waals surface area contributed by atoms with Crippen LogP contribution in [0.15, 0.2) is 24.3 Å². The van der Waals surface area contributed by atoms with Gasteiger partial charge in [-0.25, -0.2) is 4.79 Å². The Morgan fingerprint density at radius 1 is 1.42 bits per heavy atom. The van der Waals surface area contributed by atoms with Crippen molar-refractivity contribution >= 4 is 11.7 Å². The quantitative estimate of drug-likeness (QED) is 0.788. The number of methoxy groups -OCH3 is 1. The van der Waals surface area contributed by atoms with E-state index in [2.05, 4.69) is 4.90 Å². The largest absolute Gasteiger partial charge is 0.465 e. The van der Waals surface area contributed by atoms with Gasteiger partial charge in [0.15, 0.2) is 0 Å². The maximum absolute atomic E-state index is 11.7. The average molecular weight is 264 g/mol. The highest BCUT2D eigenvalue weighted by molar-refractivity contribution is 5.95. The van der Waals surface area contributed by atoms with Gasteiger partial charge in [0.1, 0.15) is 0 Å². The molecular weight excluding hydrogens is 244 g/mol. The maximum Gasteiger partial charge on any atom is 0.339 e. The van der Waals surface area contributed by atoms with Crippen molar-refractivity contribution in [3.63, 3.8) is 0 Å². The van der Waals surface area contributed by atoms with Gasteiger partial charge in [-0.3, -0.25) is 0 Å². The molecule has 1 heterocycles. The van der Waals surface area contributed by atoms with E-state index in [1.54, 1.807) is 6.07 Å². The third kappa shape index (κ3) is 2.88. The van der Waals surface area contributed by atoms with Crippen LogP contribution < -0.4 is 10.6 Å². The average Bonchev–Trinajstić information content (AvgIpc) is 2.47. The number of anilines is 1. The molecule has 0 unspecified atom stereocenters. The molecule has 0 spiro atoms. The highest BCUT2D eigenvalue weighted by Crippen LogP contribution is 2.27. The molecule has 0 amide bonds. The zero-order valence-corrected chi connectivity index (χ0v) is 11.1. The molecule has 104 valence electrons. The summed E-state index contributed by atoms with van der Waals surface area (Å²) in [6.45, 7) is 1.45. The first kappa shape index (κ1) is 13.8. The number of esters is 1. The number of aliphatic hydroxyl groups excluding tert-OH is 1. The minimum atomic E-state index is -0.489. The first-order chi connectivity index (χ1) is 9.09. The molecule has 0 aromatic heterocycles. The van der Waals surface area contributed by atoms with E-state index in [0.29, 0.717) is 18.4 Å². The van der Waals surface area contributed by atoms with Crippen molar-refractivity contribution in [2.45, 2.75) is 18.4 Å². The number of nitrogens with zero attached hydrogens (tertiary/aromatic N) is 1. The molecule has 19 heavy (non-hydrogen) atoms. The number of para-hydroxylation sites is 1. The minimum absolute atomic E-state index is 0.000507. The molecule has 1 saturated heterocycles. The number of carbonyl (C=O) groups is 1. The summed E-state index contributed by atoms with van der Waals surface area (Å²) in [5.41, 5.74) is 7.00. The molecule has 5 heteroatoms. The smallest absolute Gasteiger partial charge is 0.339 e. The fourth-order valence-corrected chi connectivity index (χ4v) is 2.38.